The van der Waals surface area contributed by atoms with E-state index in [0.717, 1.165) is 5.56 Å². The minimum absolute atomic E-state index is 0.0485. The first kappa shape index (κ1) is 16.0. The number of rotatable bonds is 7. The molecule has 0 unspecified atom stereocenters. The summed E-state index contributed by atoms with van der Waals surface area (Å²) in [4.78, 5) is 23.0. The van der Waals surface area contributed by atoms with E-state index in [1.54, 1.807) is 0 Å². The minimum Gasteiger partial charge on any atom is -0.399 e. The van der Waals surface area contributed by atoms with Crippen molar-refractivity contribution in [1.82, 2.24) is 10.6 Å². The van der Waals surface area contributed by atoms with E-state index in [9.17, 15) is 9.59 Å². The quantitative estimate of drug-likeness (QED) is 0.655. The van der Waals surface area contributed by atoms with Crippen molar-refractivity contribution in [2.24, 2.45) is 0 Å². The predicted octanol–water partition coefficient (Wildman–Crippen LogP) is 1.23. The van der Waals surface area contributed by atoms with Crippen LogP contribution in [0.1, 0.15) is 32.3 Å². The number of anilines is 1. The van der Waals surface area contributed by atoms with Gasteiger partial charge in [-0.2, -0.15) is 0 Å². The highest BCUT2D eigenvalue weighted by atomic mass is 16.2. The number of carbonyl (C=O) groups excluding carboxylic acids is 2. The molecule has 5 nitrogen and oxygen atoms in total. The van der Waals surface area contributed by atoms with Gasteiger partial charge in [-0.3, -0.25) is 9.59 Å². The molecule has 1 aromatic carbocycles. The van der Waals surface area contributed by atoms with E-state index in [-0.39, 0.29) is 17.9 Å². The maximum Gasteiger partial charge on any atom is 0.221 e. The molecule has 0 radical (unpaired) electrons. The van der Waals surface area contributed by atoms with Gasteiger partial charge < -0.3 is 16.4 Å². The average molecular weight is 277 g/mol. The summed E-state index contributed by atoms with van der Waals surface area (Å²) in [7, 11) is 0. The zero-order valence-corrected chi connectivity index (χ0v) is 12.1. The van der Waals surface area contributed by atoms with Crippen molar-refractivity contribution in [2.45, 2.75) is 39.2 Å². The summed E-state index contributed by atoms with van der Waals surface area (Å²) in [5.41, 5.74) is 7.49. The van der Waals surface area contributed by atoms with E-state index in [0.29, 0.717) is 31.5 Å². The molecule has 5 heteroatoms. The number of nitrogen functional groups attached to an aromatic ring is 1. The smallest absolute Gasteiger partial charge is 0.221 e. The summed E-state index contributed by atoms with van der Waals surface area (Å²) >= 11 is 0. The standard InChI is InChI=1S/C15H23N3O2/c1-11(2)18-15(20)9-10-17-14(19)8-7-12-5-3-4-6-13(12)16/h3-6,11H,7-10,16H2,1-2H3,(H,17,19)(H,18,20). The topological polar surface area (TPSA) is 84.2 Å². The monoisotopic (exact) mass is 277 g/mol. The molecule has 0 heterocycles. The van der Waals surface area contributed by atoms with Crippen LogP contribution in [0.5, 0.6) is 0 Å². The molecule has 0 spiro atoms. The third-order valence-corrected chi connectivity index (χ3v) is 2.80. The Labute approximate surface area is 119 Å². The lowest BCUT2D eigenvalue weighted by atomic mass is 10.1. The van der Waals surface area contributed by atoms with Crippen LogP contribution >= 0.6 is 0 Å². The zero-order chi connectivity index (χ0) is 15.0. The van der Waals surface area contributed by atoms with Gasteiger partial charge in [-0.1, -0.05) is 18.2 Å². The Morgan fingerprint density at radius 2 is 1.85 bits per heavy atom. The fourth-order valence-corrected chi connectivity index (χ4v) is 1.81. The molecule has 20 heavy (non-hydrogen) atoms. The van der Waals surface area contributed by atoms with Gasteiger partial charge in [-0.15, -0.1) is 0 Å². The third kappa shape index (κ3) is 6.22. The SMILES string of the molecule is CC(C)NC(=O)CCNC(=O)CCc1ccccc1N. The molecule has 1 rings (SSSR count). The van der Waals surface area contributed by atoms with Gasteiger partial charge >= 0.3 is 0 Å². The molecule has 0 saturated carbocycles. The fourth-order valence-electron chi connectivity index (χ4n) is 1.81. The third-order valence-electron chi connectivity index (χ3n) is 2.80. The minimum atomic E-state index is -0.0643. The lowest BCUT2D eigenvalue weighted by Crippen LogP contribution is -2.34. The van der Waals surface area contributed by atoms with Crippen LogP contribution in [0.3, 0.4) is 0 Å². The number of carbonyl (C=O) groups is 2. The van der Waals surface area contributed by atoms with Crippen LogP contribution in [0.25, 0.3) is 0 Å². The van der Waals surface area contributed by atoms with Crippen LogP contribution in [0.4, 0.5) is 5.69 Å². The van der Waals surface area contributed by atoms with Crippen LogP contribution in [-0.4, -0.2) is 24.4 Å². The lowest BCUT2D eigenvalue weighted by molar-refractivity contribution is -0.122. The van der Waals surface area contributed by atoms with Gasteiger partial charge in [0.25, 0.3) is 0 Å². The fraction of sp³-hybridized carbons (Fsp3) is 0.467. The number of hydrogen-bond acceptors (Lipinski definition) is 3. The summed E-state index contributed by atoms with van der Waals surface area (Å²) in [6, 6.07) is 7.63. The van der Waals surface area contributed by atoms with E-state index in [4.69, 9.17) is 5.73 Å². The van der Waals surface area contributed by atoms with Gasteiger partial charge in [-0.05, 0) is 31.9 Å². The average Bonchev–Trinajstić information content (AvgIpc) is 2.37. The Bertz CT molecular complexity index is 458. The van der Waals surface area contributed by atoms with Crippen LogP contribution in [0.15, 0.2) is 24.3 Å². The van der Waals surface area contributed by atoms with Gasteiger partial charge in [0, 0.05) is 31.1 Å². The van der Waals surface area contributed by atoms with Crippen molar-refractivity contribution in [2.75, 3.05) is 12.3 Å². The molecule has 110 valence electrons. The second-order valence-corrected chi connectivity index (χ2v) is 5.02. The molecule has 0 fully saturated rings. The predicted molar refractivity (Wildman–Crippen MR) is 80.1 cm³/mol. The molecule has 0 aliphatic carbocycles. The van der Waals surface area contributed by atoms with Gasteiger partial charge in [0.2, 0.25) is 11.8 Å². The largest absolute Gasteiger partial charge is 0.399 e. The number of aryl methyl sites for hydroxylation is 1. The maximum atomic E-state index is 11.6. The first-order valence-electron chi connectivity index (χ1n) is 6.88. The van der Waals surface area contributed by atoms with E-state index in [1.165, 1.54) is 0 Å². The second kappa shape index (κ2) is 8.19. The summed E-state index contributed by atoms with van der Waals surface area (Å²) < 4.78 is 0. The van der Waals surface area contributed by atoms with Gasteiger partial charge in [0.1, 0.15) is 0 Å². The highest BCUT2D eigenvalue weighted by Gasteiger charge is 2.06. The van der Waals surface area contributed by atoms with Crippen molar-refractivity contribution in [3.05, 3.63) is 29.8 Å². The summed E-state index contributed by atoms with van der Waals surface area (Å²) in [5, 5.41) is 5.51. The highest BCUT2D eigenvalue weighted by Crippen LogP contribution is 2.12. The van der Waals surface area contributed by atoms with Crippen molar-refractivity contribution in [1.29, 1.82) is 0 Å². The molecule has 0 atom stereocenters. The molecule has 0 aliphatic heterocycles. The Balaban J connectivity index is 2.21. The number of benzene rings is 1. The first-order chi connectivity index (χ1) is 9.49. The second-order valence-electron chi connectivity index (χ2n) is 5.02. The lowest BCUT2D eigenvalue weighted by Gasteiger charge is -2.09. The maximum absolute atomic E-state index is 11.6. The van der Waals surface area contributed by atoms with Crippen LogP contribution in [0, 0.1) is 0 Å². The number of nitrogens with two attached hydrogens (primary N) is 1. The number of amides is 2. The van der Waals surface area contributed by atoms with Crippen LogP contribution in [-0.2, 0) is 16.0 Å². The van der Waals surface area contributed by atoms with Crippen molar-refractivity contribution < 1.29 is 9.59 Å². The Morgan fingerprint density at radius 1 is 1.15 bits per heavy atom. The molecule has 2 amide bonds. The number of hydrogen-bond donors (Lipinski definition) is 3. The summed E-state index contributed by atoms with van der Waals surface area (Å²) in [5.74, 6) is -0.113. The Hall–Kier alpha value is -2.04. The zero-order valence-electron chi connectivity index (χ0n) is 12.1. The molecular formula is C15H23N3O2. The van der Waals surface area contributed by atoms with Crippen LogP contribution < -0.4 is 16.4 Å². The van der Waals surface area contributed by atoms with Gasteiger partial charge in [0.15, 0.2) is 0 Å². The Kier molecular flexibility index (Phi) is 6.56. The van der Waals surface area contributed by atoms with E-state index >= 15 is 0 Å². The van der Waals surface area contributed by atoms with Gasteiger partial charge in [-0.25, -0.2) is 0 Å². The summed E-state index contributed by atoms with van der Waals surface area (Å²) in [6.45, 7) is 4.17. The first-order valence-corrected chi connectivity index (χ1v) is 6.88. The molecule has 0 bridgehead atoms. The number of para-hydroxylation sites is 1. The molecule has 0 aromatic heterocycles. The van der Waals surface area contributed by atoms with Crippen molar-refractivity contribution in [3.63, 3.8) is 0 Å². The van der Waals surface area contributed by atoms with Crippen molar-refractivity contribution >= 4 is 17.5 Å². The molecule has 1 aromatic rings. The van der Waals surface area contributed by atoms with Crippen LogP contribution in [0.2, 0.25) is 0 Å². The van der Waals surface area contributed by atoms with Gasteiger partial charge in [0.05, 0.1) is 0 Å². The van der Waals surface area contributed by atoms with E-state index < -0.39 is 0 Å². The van der Waals surface area contributed by atoms with E-state index in [1.807, 2.05) is 38.1 Å². The molecule has 0 saturated heterocycles. The molecule has 0 aliphatic rings. The molecule has 4 N–H and O–H groups in total. The number of nitrogens with one attached hydrogen (secondary N) is 2. The van der Waals surface area contributed by atoms with Crippen molar-refractivity contribution in [3.8, 4) is 0 Å². The summed E-state index contributed by atoms with van der Waals surface area (Å²) in [6.07, 6.45) is 1.29. The Morgan fingerprint density at radius 3 is 2.50 bits per heavy atom. The van der Waals surface area contributed by atoms with E-state index in [2.05, 4.69) is 10.6 Å². The molecular weight excluding hydrogens is 254 g/mol. The highest BCUT2D eigenvalue weighted by molar-refractivity contribution is 5.79. The normalized spacial score (nSPS) is 10.3.